The van der Waals surface area contributed by atoms with Crippen LogP contribution >= 0.6 is 0 Å². The van der Waals surface area contributed by atoms with Gasteiger partial charge in [0, 0.05) is 17.6 Å². The van der Waals surface area contributed by atoms with E-state index < -0.39 is 21.4 Å². The van der Waals surface area contributed by atoms with Crippen molar-refractivity contribution in [1.82, 2.24) is 10.0 Å². The monoisotopic (exact) mass is 316 g/mol. The summed E-state index contributed by atoms with van der Waals surface area (Å²) in [5.41, 5.74) is -0.135. The molecule has 0 amide bonds. The second-order valence-electron chi connectivity index (χ2n) is 5.41. The molecular formula is C15H25FN2O2S. The SMILES string of the molecule is CCNCc1cc(S(=O)(=O)NC(C)(CC)CC)ccc1F. The second kappa shape index (κ2) is 7.33. The van der Waals surface area contributed by atoms with Crippen molar-refractivity contribution in [2.45, 2.75) is 57.5 Å². The van der Waals surface area contributed by atoms with Crippen molar-refractivity contribution in [2.75, 3.05) is 6.54 Å². The van der Waals surface area contributed by atoms with Crippen LogP contribution in [0.25, 0.3) is 0 Å². The molecule has 0 saturated heterocycles. The van der Waals surface area contributed by atoms with Crippen LogP contribution in [0.2, 0.25) is 0 Å². The van der Waals surface area contributed by atoms with Crippen LogP contribution in [-0.4, -0.2) is 20.5 Å². The highest BCUT2D eigenvalue weighted by atomic mass is 32.2. The van der Waals surface area contributed by atoms with Crippen LogP contribution in [0.3, 0.4) is 0 Å². The zero-order chi connectivity index (χ0) is 16.1. The molecule has 120 valence electrons. The molecular weight excluding hydrogens is 291 g/mol. The fourth-order valence-electron chi connectivity index (χ4n) is 1.89. The van der Waals surface area contributed by atoms with Crippen molar-refractivity contribution in [1.29, 1.82) is 0 Å². The van der Waals surface area contributed by atoms with E-state index in [2.05, 4.69) is 10.0 Å². The van der Waals surface area contributed by atoms with Gasteiger partial charge in [0.25, 0.3) is 0 Å². The van der Waals surface area contributed by atoms with Gasteiger partial charge in [-0.15, -0.1) is 0 Å². The summed E-state index contributed by atoms with van der Waals surface area (Å²) in [6, 6.07) is 3.90. The van der Waals surface area contributed by atoms with Crippen LogP contribution in [0.4, 0.5) is 4.39 Å². The number of rotatable bonds is 8. The van der Waals surface area contributed by atoms with Gasteiger partial charge < -0.3 is 5.32 Å². The first-order chi connectivity index (χ1) is 9.78. The molecule has 0 aromatic heterocycles. The molecule has 1 rings (SSSR count). The topological polar surface area (TPSA) is 58.2 Å². The maximum absolute atomic E-state index is 13.7. The molecule has 0 heterocycles. The third-order valence-electron chi connectivity index (χ3n) is 3.83. The van der Waals surface area contributed by atoms with E-state index in [0.29, 0.717) is 31.5 Å². The minimum absolute atomic E-state index is 0.102. The van der Waals surface area contributed by atoms with E-state index in [0.717, 1.165) is 0 Å². The molecule has 1 aromatic carbocycles. The highest BCUT2D eigenvalue weighted by Crippen LogP contribution is 2.20. The maximum Gasteiger partial charge on any atom is 0.241 e. The lowest BCUT2D eigenvalue weighted by atomic mass is 9.98. The molecule has 0 aliphatic rings. The van der Waals surface area contributed by atoms with Gasteiger partial charge in [0.15, 0.2) is 0 Å². The molecule has 4 nitrogen and oxygen atoms in total. The van der Waals surface area contributed by atoms with Crippen LogP contribution in [0.1, 0.15) is 46.1 Å². The van der Waals surface area contributed by atoms with E-state index in [-0.39, 0.29) is 4.90 Å². The lowest BCUT2D eigenvalue weighted by Crippen LogP contribution is -2.44. The Kier molecular flexibility index (Phi) is 6.31. The van der Waals surface area contributed by atoms with Gasteiger partial charge in [0.05, 0.1) is 4.90 Å². The number of hydrogen-bond donors (Lipinski definition) is 2. The van der Waals surface area contributed by atoms with Gasteiger partial charge in [-0.2, -0.15) is 0 Å². The highest BCUT2D eigenvalue weighted by molar-refractivity contribution is 7.89. The number of halogens is 1. The van der Waals surface area contributed by atoms with Crippen LogP contribution < -0.4 is 10.0 Å². The molecule has 0 fully saturated rings. The molecule has 1 aromatic rings. The minimum atomic E-state index is -3.65. The standard InChI is InChI=1S/C15H25FN2O2S/c1-5-15(4,6-2)18-21(19,20)13-8-9-14(16)12(10-13)11-17-7-3/h8-10,17-18H,5-7,11H2,1-4H3. The van der Waals surface area contributed by atoms with E-state index in [1.807, 2.05) is 27.7 Å². The average Bonchev–Trinajstić information content (AvgIpc) is 2.45. The summed E-state index contributed by atoms with van der Waals surface area (Å²) in [5.74, 6) is -0.399. The summed E-state index contributed by atoms with van der Waals surface area (Å²) in [5, 5.41) is 3.00. The highest BCUT2D eigenvalue weighted by Gasteiger charge is 2.27. The molecule has 0 aliphatic heterocycles. The van der Waals surface area contributed by atoms with E-state index in [1.165, 1.54) is 18.2 Å². The zero-order valence-corrected chi connectivity index (χ0v) is 14.0. The predicted molar refractivity (Wildman–Crippen MR) is 83.1 cm³/mol. The van der Waals surface area contributed by atoms with Gasteiger partial charge in [-0.25, -0.2) is 17.5 Å². The van der Waals surface area contributed by atoms with Crippen LogP contribution in [-0.2, 0) is 16.6 Å². The van der Waals surface area contributed by atoms with Gasteiger partial charge in [-0.3, -0.25) is 0 Å². The summed E-state index contributed by atoms with van der Waals surface area (Å²) < 4.78 is 41.3. The summed E-state index contributed by atoms with van der Waals surface area (Å²) in [6.07, 6.45) is 1.38. The summed E-state index contributed by atoms with van der Waals surface area (Å²) in [7, 11) is -3.65. The lowest BCUT2D eigenvalue weighted by Gasteiger charge is -2.27. The summed E-state index contributed by atoms with van der Waals surface area (Å²) >= 11 is 0. The Morgan fingerprint density at radius 1 is 1.19 bits per heavy atom. The molecule has 6 heteroatoms. The van der Waals surface area contributed by atoms with Crippen molar-refractivity contribution in [2.24, 2.45) is 0 Å². The van der Waals surface area contributed by atoms with E-state index in [1.54, 1.807) is 0 Å². The Bertz CT molecular complexity index is 569. The van der Waals surface area contributed by atoms with Gasteiger partial charge >= 0.3 is 0 Å². The van der Waals surface area contributed by atoms with Crippen molar-refractivity contribution in [3.8, 4) is 0 Å². The van der Waals surface area contributed by atoms with Gasteiger partial charge in [0.1, 0.15) is 5.82 Å². The lowest BCUT2D eigenvalue weighted by molar-refractivity contribution is 0.388. The van der Waals surface area contributed by atoms with E-state index in [9.17, 15) is 12.8 Å². The molecule has 0 bridgehead atoms. The van der Waals surface area contributed by atoms with Crippen LogP contribution in [0.15, 0.2) is 23.1 Å². The predicted octanol–water partition coefficient (Wildman–Crippen LogP) is 2.79. The molecule has 0 aliphatic carbocycles. The third kappa shape index (κ3) is 4.76. The van der Waals surface area contributed by atoms with Gasteiger partial charge in [-0.1, -0.05) is 20.8 Å². The molecule has 0 spiro atoms. The van der Waals surface area contributed by atoms with Crippen LogP contribution in [0.5, 0.6) is 0 Å². The van der Waals surface area contributed by atoms with E-state index >= 15 is 0 Å². The van der Waals surface area contributed by atoms with Crippen LogP contribution in [0, 0.1) is 5.82 Å². The molecule has 0 atom stereocenters. The quantitative estimate of drug-likeness (QED) is 0.775. The van der Waals surface area contributed by atoms with Crippen molar-refractivity contribution in [3.63, 3.8) is 0 Å². The average molecular weight is 316 g/mol. The Labute approximate surface area is 127 Å². The fraction of sp³-hybridized carbons (Fsp3) is 0.600. The molecule has 21 heavy (non-hydrogen) atoms. The molecule has 0 unspecified atom stereocenters. The maximum atomic E-state index is 13.7. The Morgan fingerprint density at radius 2 is 1.81 bits per heavy atom. The van der Waals surface area contributed by atoms with E-state index in [4.69, 9.17) is 0 Å². The Morgan fingerprint density at radius 3 is 2.33 bits per heavy atom. The minimum Gasteiger partial charge on any atom is -0.313 e. The van der Waals surface area contributed by atoms with Gasteiger partial charge in [-0.05, 0) is 44.5 Å². The normalized spacial score (nSPS) is 12.6. The third-order valence-corrected chi connectivity index (χ3v) is 5.47. The Hall–Kier alpha value is -0.980. The van der Waals surface area contributed by atoms with Gasteiger partial charge in [0.2, 0.25) is 10.0 Å². The number of benzene rings is 1. The first-order valence-corrected chi connectivity index (χ1v) is 8.79. The Balaban J connectivity index is 3.08. The summed E-state index contributed by atoms with van der Waals surface area (Å²) in [4.78, 5) is 0.102. The van der Waals surface area contributed by atoms with Crippen molar-refractivity contribution in [3.05, 3.63) is 29.6 Å². The molecule has 0 radical (unpaired) electrons. The number of sulfonamides is 1. The summed E-state index contributed by atoms with van der Waals surface area (Å²) in [6.45, 7) is 8.66. The van der Waals surface area contributed by atoms with Crippen molar-refractivity contribution >= 4 is 10.0 Å². The number of nitrogens with one attached hydrogen (secondary N) is 2. The second-order valence-corrected chi connectivity index (χ2v) is 7.09. The zero-order valence-electron chi connectivity index (χ0n) is 13.2. The molecule has 2 N–H and O–H groups in total. The first kappa shape index (κ1) is 18.1. The first-order valence-electron chi connectivity index (χ1n) is 7.31. The number of hydrogen-bond acceptors (Lipinski definition) is 3. The smallest absolute Gasteiger partial charge is 0.241 e. The largest absolute Gasteiger partial charge is 0.313 e. The fourth-order valence-corrected chi connectivity index (χ4v) is 3.49. The molecule has 0 saturated carbocycles. The van der Waals surface area contributed by atoms with Crippen molar-refractivity contribution < 1.29 is 12.8 Å².